The molecule has 0 bridgehead atoms. The smallest absolute Gasteiger partial charge is 0.270 e. The Kier molecular flexibility index (Phi) is 5.10. The summed E-state index contributed by atoms with van der Waals surface area (Å²) in [7, 11) is 0. The van der Waals surface area contributed by atoms with Crippen LogP contribution in [0.1, 0.15) is 33.8 Å². The lowest BCUT2D eigenvalue weighted by Crippen LogP contribution is -2.50. The van der Waals surface area contributed by atoms with Crippen LogP contribution in [-0.2, 0) is 0 Å². The number of carbonyl (C=O) groups excluding carboxylic acids is 1. The molecule has 1 aliphatic heterocycles. The van der Waals surface area contributed by atoms with Gasteiger partial charge in [0, 0.05) is 30.9 Å². The van der Waals surface area contributed by atoms with E-state index in [1.807, 2.05) is 13.0 Å². The Balaban J connectivity index is 1.62. The van der Waals surface area contributed by atoms with E-state index in [0.717, 1.165) is 11.6 Å². The van der Waals surface area contributed by atoms with Crippen molar-refractivity contribution >= 4 is 11.6 Å². The molecule has 1 amide bonds. The van der Waals surface area contributed by atoms with Crippen LogP contribution >= 0.6 is 0 Å². The fraction of sp³-hybridized carbons (Fsp3) is 0.286. The molecule has 1 fully saturated rings. The van der Waals surface area contributed by atoms with E-state index in [2.05, 4.69) is 15.6 Å². The Labute approximate surface area is 165 Å². The van der Waals surface area contributed by atoms with Gasteiger partial charge in [0.15, 0.2) is 11.6 Å². The molecule has 2 N–H and O–H groups in total. The molecule has 3 aromatic rings. The lowest BCUT2D eigenvalue weighted by Gasteiger charge is -2.33. The molecule has 2 atom stereocenters. The van der Waals surface area contributed by atoms with Gasteiger partial charge in [0.05, 0.1) is 0 Å². The average Bonchev–Trinajstić information content (AvgIpc) is 2.71. The topological polar surface area (TPSA) is 75.5 Å². The molecular weight excluding hydrogens is 378 g/mol. The van der Waals surface area contributed by atoms with Crippen molar-refractivity contribution in [2.45, 2.75) is 25.3 Å². The maximum absolute atomic E-state index is 13.7. The first-order chi connectivity index (χ1) is 13.9. The summed E-state index contributed by atoms with van der Waals surface area (Å²) < 4.78 is 28.3. The summed E-state index contributed by atoms with van der Waals surface area (Å²) >= 11 is 0. The second-order valence-electron chi connectivity index (χ2n) is 7.26. The van der Waals surface area contributed by atoms with Crippen LogP contribution in [0.3, 0.4) is 0 Å². The first-order valence-electron chi connectivity index (χ1n) is 9.38. The predicted octanol–water partition coefficient (Wildman–Crippen LogP) is 2.16. The summed E-state index contributed by atoms with van der Waals surface area (Å²) in [6.45, 7) is 2.99. The van der Waals surface area contributed by atoms with Crippen LogP contribution in [0.25, 0.3) is 5.65 Å². The molecule has 3 heterocycles. The van der Waals surface area contributed by atoms with Crippen molar-refractivity contribution in [3.8, 4) is 0 Å². The number of nitrogens with zero attached hydrogens (tertiary/aromatic N) is 2. The number of hydrogen-bond acceptors (Lipinski definition) is 4. The van der Waals surface area contributed by atoms with Gasteiger partial charge in [-0.1, -0.05) is 12.1 Å². The van der Waals surface area contributed by atoms with Crippen LogP contribution in [0.2, 0.25) is 0 Å². The Morgan fingerprint density at radius 2 is 2.07 bits per heavy atom. The summed E-state index contributed by atoms with van der Waals surface area (Å²) in [5, 5.41) is 6.05. The van der Waals surface area contributed by atoms with Crippen molar-refractivity contribution < 1.29 is 13.6 Å². The minimum absolute atomic E-state index is 0.0669. The molecule has 29 heavy (non-hydrogen) atoms. The van der Waals surface area contributed by atoms with Gasteiger partial charge in [-0.2, -0.15) is 0 Å². The minimum atomic E-state index is -0.918. The van der Waals surface area contributed by atoms with Crippen LogP contribution in [0.5, 0.6) is 0 Å². The van der Waals surface area contributed by atoms with Gasteiger partial charge in [0.1, 0.15) is 11.2 Å². The first-order valence-corrected chi connectivity index (χ1v) is 9.38. The highest BCUT2D eigenvalue weighted by atomic mass is 19.2. The number of piperidine rings is 1. The van der Waals surface area contributed by atoms with Crippen molar-refractivity contribution in [3.05, 3.63) is 81.4 Å². The summed E-state index contributed by atoms with van der Waals surface area (Å²) in [5.74, 6) is -2.57. The van der Waals surface area contributed by atoms with Gasteiger partial charge in [-0.15, -0.1) is 0 Å². The zero-order chi connectivity index (χ0) is 20.5. The van der Waals surface area contributed by atoms with Crippen molar-refractivity contribution in [3.63, 3.8) is 0 Å². The van der Waals surface area contributed by atoms with Crippen LogP contribution in [0, 0.1) is 18.6 Å². The number of pyridine rings is 1. The molecular formula is C21H20F2N4O2. The summed E-state index contributed by atoms with van der Waals surface area (Å²) in [6, 6.07) is 6.96. The molecule has 150 valence electrons. The van der Waals surface area contributed by atoms with E-state index in [1.165, 1.54) is 22.7 Å². The highest BCUT2D eigenvalue weighted by Crippen LogP contribution is 2.27. The second-order valence-corrected chi connectivity index (χ2v) is 7.26. The van der Waals surface area contributed by atoms with Crippen LogP contribution in [-0.4, -0.2) is 34.4 Å². The molecule has 1 aliphatic rings. The molecule has 4 rings (SSSR count). The van der Waals surface area contributed by atoms with Crippen molar-refractivity contribution in [1.82, 2.24) is 20.0 Å². The normalized spacial score (nSPS) is 19.3. The second kappa shape index (κ2) is 7.71. The third-order valence-corrected chi connectivity index (χ3v) is 5.26. The quantitative estimate of drug-likeness (QED) is 0.709. The van der Waals surface area contributed by atoms with Gasteiger partial charge >= 0.3 is 0 Å². The SMILES string of the molecule is Cc1ccc2ncc(C(=O)NC3CNCCC3c3ccc(F)c(F)c3)c(=O)n2c1. The number of rotatable bonds is 3. The van der Waals surface area contributed by atoms with Crippen molar-refractivity contribution in [2.75, 3.05) is 13.1 Å². The molecule has 1 saturated heterocycles. The van der Waals surface area contributed by atoms with E-state index in [0.29, 0.717) is 30.7 Å². The molecule has 0 aliphatic carbocycles. The molecule has 2 aromatic heterocycles. The number of halogens is 2. The standard InChI is InChI=1S/C21H20F2N4O2/c1-12-2-5-19-25-9-15(21(29)27(19)11-12)20(28)26-18-10-24-7-6-14(18)13-3-4-16(22)17(23)8-13/h2-5,8-9,11,14,18,24H,6-7,10H2,1H3,(H,26,28). The highest BCUT2D eigenvalue weighted by molar-refractivity contribution is 5.94. The number of aryl methyl sites for hydroxylation is 1. The third kappa shape index (κ3) is 3.75. The molecule has 8 heteroatoms. The number of aromatic nitrogens is 2. The first kappa shape index (κ1) is 19.2. The average molecular weight is 398 g/mol. The fourth-order valence-electron chi connectivity index (χ4n) is 3.74. The number of amides is 1. The Morgan fingerprint density at radius 3 is 2.86 bits per heavy atom. The number of carbonyl (C=O) groups is 1. The highest BCUT2D eigenvalue weighted by Gasteiger charge is 2.29. The fourth-order valence-corrected chi connectivity index (χ4v) is 3.74. The molecule has 0 spiro atoms. The number of nitrogens with one attached hydrogen (secondary N) is 2. The summed E-state index contributed by atoms with van der Waals surface area (Å²) in [4.78, 5) is 29.8. The van der Waals surface area contributed by atoms with Crippen molar-refractivity contribution in [1.29, 1.82) is 0 Å². The summed E-state index contributed by atoms with van der Waals surface area (Å²) in [5.41, 5.74) is 1.41. The van der Waals surface area contributed by atoms with Gasteiger partial charge in [-0.3, -0.25) is 14.0 Å². The van der Waals surface area contributed by atoms with Crippen LogP contribution < -0.4 is 16.2 Å². The lowest BCUT2D eigenvalue weighted by atomic mass is 9.86. The Bertz CT molecular complexity index is 1150. The van der Waals surface area contributed by atoms with Crippen LogP contribution in [0.15, 0.2) is 47.5 Å². The molecule has 0 saturated carbocycles. The zero-order valence-electron chi connectivity index (χ0n) is 15.8. The third-order valence-electron chi connectivity index (χ3n) is 5.26. The van der Waals surface area contributed by atoms with E-state index >= 15 is 0 Å². The number of benzene rings is 1. The minimum Gasteiger partial charge on any atom is -0.347 e. The maximum Gasteiger partial charge on any atom is 0.270 e. The van der Waals surface area contributed by atoms with Gasteiger partial charge in [-0.25, -0.2) is 13.8 Å². The van der Waals surface area contributed by atoms with Gasteiger partial charge in [0.25, 0.3) is 11.5 Å². The monoisotopic (exact) mass is 398 g/mol. The van der Waals surface area contributed by atoms with Gasteiger partial charge < -0.3 is 10.6 Å². The molecule has 6 nitrogen and oxygen atoms in total. The molecule has 1 aromatic carbocycles. The number of hydrogen-bond donors (Lipinski definition) is 2. The van der Waals surface area contributed by atoms with E-state index in [9.17, 15) is 18.4 Å². The van der Waals surface area contributed by atoms with E-state index in [1.54, 1.807) is 12.3 Å². The molecule has 2 unspecified atom stereocenters. The Hall–Kier alpha value is -3.13. The van der Waals surface area contributed by atoms with E-state index < -0.39 is 23.1 Å². The summed E-state index contributed by atoms with van der Waals surface area (Å²) in [6.07, 6.45) is 3.54. The molecule has 0 radical (unpaired) electrons. The Morgan fingerprint density at radius 1 is 1.24 bits per heavy atom. The number of fused-ring (bicyclic) bond motifs is 1. The predicted molar refractivity (Wildman–Crippen MR) is 104 cm³/mol. The van der Waals surface area contributed by atoms with Crippen LogP contribution in [0.4, 0.5) is 8.78 Å². The van der Waals surface area contributed by atoms with E-state index in [4.69, 9.17) is 0 Å². The van der Waals surface area contributed by atoms with E-state index in [-0.39, 0.29) is 17.5 Å². The van der Waals surface area contributed by atoms with Gasteiger partial charge in [-0.05, 0) is 49.2 Å². The van der Waals surface area contributed by atoms with Gasteiger partial charge in [0.2, 0.25) is 0 Å². The van der Waals surface area contributed by atoms with Crippen molar-refractivity contribution in [2.24, 2.45) is 0 Å². The maximum atomic E-state index is 13.7. The lowest BCUT2D eigenvalue weighted by molar-refractivity contribution is 0.0922. The zero-order valence-corrected chi connectivity index (χ0v) is 15.8. The largest absolute Gasteiger partial charge is 0.347 e.